The van der Waals surface area contributed by atoms with Crippen LogP contribution in [-0.2, 0) is 33.9 Å². The second-order valence-corrected chi connectivity index (χ2v) is 13.2. The van der Waals surface area contributed by atoms with Gasteiger partial charge in [-0.25, -0.2) is 4.79 Å². The number of amides is 3. The molecular formula is C41H38N6O10. The molecule has 0 saturated heterocycles. The maximum atomic E-state index is 14.2. The summed E-state index contributed by atoms with van der Waals surface area (Å²) in [6.07, 6.45) is 1.21. The summed E-state index contributed by atoms with van der Waals surface area (Å²) in [6.45, 7) is -0.0952. The summed E-state index contributed by atoms with van der Waals surface area (Å²) >= 11 is 0. The number of rotatable bonds is 14. The molecule has 0 bridgehead atoms. The number of carbonyl (C=O) groups excluding carboxylic acids is 3. The normalized spacial score (nSPS) is 12.3. The smallest absolute Gasteiger partial charge is 0.409 e. The van der Waals surface area contributed by atoms with Gasteiger partial charge in [-0.3, -0.25) is 19.4 Å². The molecule has 16 heteroatoms. The van der Waals surface area contributed by atoms with Gasteiger partial charge in [-0.15, -0.1) is 4.91 Å². The molecule has 0 fully saturated rings. The highest BCUT2D eigenvalue weighted by atomic mass is 16.7. The van der Waals surface area contributed by atoms with E-state index in [-0.39, 0.29) is 45.0 Å². The summed E-state index contributed by atoms with van der Waals surface area (Å²) in [4.78, 5) is 69.6. The second-order valence-electron chi connectivity index (χ2n) is 13.2. The number of likely N-dealkylation sites (N-methyl/N-ethyl adjacent to an activating group) is 1. The number of benzene rings is 4. The van der Waals surface area contributed by atoms with Crippen LogP contribution in [0.5, 0.6) is 23.0 Å². The number of hydrogen-bond acceptors (Lipinski definition) is 12. The standard InChI is InChI=1S/C41H38N6O10/c1-46(41(51)55-22-25-9-11-26(12-10-25)44-37(48)21-43-39(49)32(45-52)15-24-7-5-4-6-8-24)13-14-47-38-29-18-35-36(57-23-56-35)19-31(29)42-20-30(38)27-16-33(53-2)34(54-3)17-28(27)40(47)50/h4-12,16-20,32H,13-15,21-23H2,1-3H3,(H,43,49)(H,44,48)/t32-/m0/s1. The van der Waals surface area contributed by atoms with Crippen LogP contribution >= 0.6 is 0 Å². The molecule has 7 rings (SSSR count). The molecule has 6 aromatic rings. The first-order valence-corrected chi connectivity index (χ1v) is 17.9. The summed E-state index contributed by atoms with van der Waals surface area (Å²) in [6, 6.07) is 21.4. The molecule has 57 heavy (non-hydrogen) atoms. The zero-order valence-electron chi connectivity index (χ0n) is 31.3. The van der Waals surface area contributed by atoms with Crippen molar-refractivity contribution < 1.29 is 38.1 Å². The van der Waals surface area contributed by atoms with Crippen molar-refractivity contribution in [1.82, 2.24) is 19.8 Å². The monoisotopic (exact) mass is 774 g/mol. The Morgan fingerprint density at radius 1 is 0.895 bits per heavy atom. The van der Waals surface area contributed by atoms with E-state index < -0.39 is 23.9 Å². The summed E-state index contributed by atoms with van der Waals surface area (Å²) in [7, 11) is 4.60. The Hall–Kier alpha value is -7.23. The van der Waals surface area contributed by atoms with Gasteiger partial charge in [0.15, 0.2) is 29.0 Å². The molecule has 0 radical (unpaired) electrons. The third-order valence-corrected chi connectivity index (χ3v) is 9.59. The molecule has 4 aromatic carbocycles. The molecule has 292 valence electrons. The highest BCUT2D eigenvalue weighted by Crippen LogP contribution is 2.40. The van der Waals surface area contributed by atoms with E-state index in [0.717, 1.165) is 5.56 Å². The number of aromatic nitrogens is 2. The van der Waals surface area contributed by atoms with E-state index in [1.807, 2.05) is 6.07 Å². The summed E-state index contributed by atoms with van der Waals surface area (Å²) in [5.41, 5.74) is 2.78. The zero-order chi connectivity index (χ0) is 40.1. The van der Waals surface area contributed by atoms with E-state index in [1.54, 1.807) is 90.6 Å². The molecule has 3 amide bonds. The van der Waals surface area contributed by atoms with Crippen LogP contribution in [-0.4, -0.2) is 79.6 Å². The van der Waals surface area contributed by atoms with Crippen molar-refractivity contribution in [3.63, 3.8) is 0 Å². The van der Waals surface area contributed by atoms with Crippen molar-refractivity contribution in [3.05, 3.63) is 111 Å². The van der Waals surface area contributed by atoms with Crippen LogP contribution in [0.2, 0.25) is 0 Å². The number of nitrogens with one attached hydrogen (secondary N) is 2. The molecule has 0 saturated carbocycles. The predicted octanol–water partition coefficient (Wildman–Crippen LogP) is 5.15. The van der Waals surface area contributed by atoms with E-state index >= 15 is 0 Å². The SMILES string of the molecule is COc1cc2c(=O)n(CCN(C)C(=O)OCc3ccc(NC(=O)CNC(=O)[C@H](Cc4ccccc4)N=O)cc3)c3c4cc5c(cc4ncc3c2cc1OC)OCO5. The molecule has 2 N–H and O–H groups in total. The Kier molecular flexibility index (Phi) is 11.1. The number of hydrogen-bond donors (Lipinski definition) is 2. The van der Waals surface area contributed by atoms with E-state index in [2.05, 4.69) is 20.8 Å². The van der Waals surface area contributed by atoms with Gasteiger partial charge in [0.25, 0.3) is 5.56 Å². The quantitative estimate of drug-likeness (QED) is 0.110. The highest BCUT2D eigenvalue weighted by molar-refractivity contribution is 6.15. The van der Waals surface area contributed by atoms with Gasteiger partial charge in [0.2, 0.25) is 18.6 Å². The van der Waals surface area contributed by atoms with Gasteiger partial charge in [-0.05, 0) is 41.5 Å². The third-order valence-electron chi connectivity index (χ3n) is 9.59. The van der Waals surface area contributed by atoms with Crippen LogP contribution in [0.25, 0.3) is 32.6 Å². The minimum atomic E-state index is -1.16. The average Bonchev–Trinajstić information content (AvgIpc) is 3.70. The number of pyridine rings is 2. The number of carbonyl (C=O) groups is 3. The van der Waals surface area contributed by atoms with Crippen LogP contribution < -0.4 is 35.1 Å². The Bertz CT molecular complexity index is 2560. The van der Waals surface area contributed by atoms with E-state index in [9.17, 15) is 24.1 Å². The van der Waals surface area contributed by atoms with E-state index in [4.69, 9.17) is 23.7 Å². The number of nitroso groups, excluding NO2 is 1. The van der Waals surface area contributed by atoms with Crippen molar-refractivity contribution in [3.8, 4) is 23.0 Å². The molecule has 0 unspecified atom stereocenters. The Balaban J connectivity index is 0.995. The Labute approximate surface area is 325 Å². The maximum Gasteiger partial charge on any atom is 0.409 e. The molecule has 1 atom stereocenters. The highest BCUT2D eigenvalue weighted by Gasteiger charge is 2.23. The molecular weight excluding hydrogens is 736 g/mol. The number of nitrogens with zero attached hydrogens (tertiary/aromatic N) is 4. The van der Waals surface area contributed by atoms with Gasteiger partial charge < -0.3 is 43.8 Å². The van der Waals surface area contributed by atoms with E-state index in [1.165, 1.54) is 19.1 Å². The Morgan fingerprint density at radius 2 is 1.60 bits per heavy atom. The molecule has 0 spiro atoms. The molecule has 2 aromatic heterocycles. The molecule has 3 heterocycles. The predicted molar refractivity (Wildman–Crippen MR) is 211 cm³/mol. The zero-order valence-corrected chi connectivity index (χ0v) is 31.3. The maximum absolute atomic E-state index is 14.2. The van der Waals surface area contributed by atoms with Gasteiger partial charge in [0.1, 0.15) is 6.61 Å². The van der Waals surface area contributed by atoms with Crippen molar-refractivity contribution in [1.29, 1.82) is 0 Å². The number of anilines is 1. The first kappa shape index (κ1) is 38.1. The molecule has 1 aliphatic rings. The van der Waals surface area contributed by atoms with Gasteiger partial charge in [-0.1, -0.05) is 47.6 Å². The lowest BCUT2D eigenvalue weighted by Crippen LogP contribution is -2.39. The molecule has 1 aliphatic heterocycles. The minimum Gasteiger partial charge on any atom is -0.493 e. The van der Waals surface area contributed by atoms with Gasteiger partial charge >= 0.3 is 6.09 Å². The average molecular weight is 775 g/mol. The van der Waals surface area contributed by atoms with Crippen LogP contribution in [0.1, 0.15) is 11.1 Å². The lowest BCUT2D eigenvalue weighted by atomic mass is 10.0. The largest absolute Gasteiger partial charge is 0.493 e. The van der Waals surface area contributed by atoms with Gasteiger partial charge in [0.05, 0.1) is 37.2 Å². The molecule has 0 aliphatic carbocycles. The van der Waals surface area contributed by atoms with Crippen molar-refractivity contribution in [2.75, 3.05) is 46.5 Å². The number of ether oxygens (including phenoxy) is 5. The minimum absolute atomic E-state index is 0.0566. The molecule has 16 nitrogen and oxygen atoms in total. The van der Waals surface area contributed by atoms with Gasteiger partial charge in [0, 0.05) is 60.7 Å². The number of fused-ring (bicyclic) bond motifs is 6. The van der Waals surface area contributed by atoms with Crippen LogP contribution in [0, 0.1) is 4.91 Å². The van der Waals surface area contributed by atoms with Crippen molar-refractivity contribution in [2.24, 2.45) is 5.18 Å². The number of methoxy groups -OCH3 is 2. The van der Waals surface area contributed by atoms with Crippen LogP contribution in [0.4, 0.5) is 10.5 Å². The fourth-order valence-corrected chi connectivity index (χ4v) is 6.58. The van der Waals surface area contributed by atoms with Crippen LogP contribution in [0.15, 0.2) is 95.0 Å². The summed E-state index contributed by atoms with van der Waals surface area (Å²) in [5.74, 6) is 0.794. The first-order chi connectivity index (χ1) is 27.7. The van der Waals surface area contributed by atoms with Crippen LogP contribution in [0.3, 0.4) is 0 Å². The van der Waals surface area contributed by atoms with Crippen molar-refractivity contribution in [2.45, 2.75) is 25.6 Å². The lowest BCUT2D eigenvalue weighted by Gasteiger charge is -2.20. The van der Waals surface area contributed by atoms with Gasteiger partial charge in [-0.2, -0.15) is 0 Å². The fraction of sp³-hybridized carbons (Fsp3) is 0.244. The van der Waals surface area contributed by atoms with Crippen molar-refractivity contribution >= 4 is 56.2 Å². The second kappa shape index (κ2) is 16.6. The fourth-order valence-electron chi connectivity index (χ4n) is 6.58. The lowest BCUT2D eigenvalue weighted by molar-refractivity contribution is -0.125. The first-order valence-electron chi connectivity index (χ1n) is 17.9. The Morgan fingerprint density at radius 3 is 2.30 bits per heavy atom. The topological polar surface area (TPSA) is 189 Å². The van der Waals surface area contributed by atoms with E-state index in [0.29, 0.717) is 66.8 Å². The summed E-state index contributed by atoms with van der Waals surface area (Å²) in [5, 5.41) is 10.4. The summed E-state index contributed by atoms with van der Waals surface area (Å²) < 4.78 is 29.4. The third kappa shape index (κ3) is 8.10.